The lowest BCUT2D eigenvalue weighted by molar-refractivity contribution is -0.0324. The topological polar surface area (TPSA) is 143 Å². The maximum atomic E-state index is 12.6. The van der Waals surface area contributed by atoms with Crippen molar-refractivity contribution in [1.82, 2.24) is 10.2 Å². The van der Waals surface area contributed by atoms with Crippen LogP contribution in [0.15, 0.2) is 48.5 Å². The molecule has 15 heteroatoms. The van der Waals surface area contributed by atoms with Crippen LogP contribution in [-0.4, -0.2) is 189 Å². The van der Waals surface area contributed by atoms with Crippen LogP contribution in [0.25, 0.3) is 11.1 Å². The van der Waals surface area contributed by atoms with Crippen LogP contribution in [0.2, 0.25) is 0 Å². The Kier molecular flexibility index (Phi) is 26.5. The predicted octanol–water partition coefficient (Wildman–Crippen LogP) is 3.80. The van der Waals surface area contributed by atoms with Crippen molar-refractivity contribution in [2.24, 2.45) is 0 Å². The molecule has 0 radical (unpaired) electrons. The van der Waals surface area contributed by atoms with Crippen molar-refractivity contribution in [3.05, 3.63) is 59.7 Å². The third-order valence-corrected chi connectivity index (χ3v) is 9.43. The molecule has 2 aromatic carbocycles. The summed E-state index contributed by atoms with van der Waals surface area (Å²) in [6.45, 7) is 13.4. The van der Waals surface area contributed by atoms with Gasteiger partial charge in [-0.3, -0.25) is 0 Å². The van der Waals surface area contributed by atoms with Crippen molar-refractivity contribution >= 4 is 6.09 Å². The zero-order valence-corrected chi connectivity index (χ0v) is 34.6. The second kappa shape index (κ2) is 32.1. The number of nitrogens with zero attached hydrogens (tertiary/aromatic N) is 1. The lowest BCUT2D eigenvalue weighted by atomic mass is 9.98. The molecule has 1 N–H and O–H groups in total. The summed E-state index contributed by atoms with van der Waals surface area (Å²) in [5.41, 5.74) is 4.80. The first-order chi connectivity index (χ1) is 28.7. The molecule has 2 aliphatic rings. The van der Waals surface area contributed by atoms with Crippen LogP contribution in [0.1, 0.15) is 29.9 Å². The Hall–Kier alpha value is -2.77. The van der Waals surface area contributed by atoms with E-state index < -0.39 is 0 Å². The molecule has 2 aromatic rings. The highest BCUT2D eigenvalue weighted by Gasteiger charge is 2.29. The number of piperidine rings is 1. The molecule has 0 saturated carbocycles. The van der Waals surface area contributed by atoms with Gasteiger partial charge >= 0.3 is 6.09 Å². The summed E-state index contributed by atoms with van der Waals surface area (Å²) in [5, 5.41) is 3.33. The summed E-state index contributed by atoms with van der Waals surface area (Å²) in [6.07, 6.45) is 2.15. The third-order valence-electron chi connectivity index (χ3n) is 9.43. The van der Waals surface area contributed by atoms with Crippen LogP contribution in [0.3, 0.4) is 0 Å². The van der Waals surface area contributed by atoms with Crippen molar-refractivity contribution in [1.29, 1.82) is 0 Å². The van der Waals surface area contributed by atoms with E-state index in [0.29, 0.717) is 158 Å². The van der Waals surface area contributed by atoms with Crippen molar-refractivity contribution < 1.29 is 61.6 Å². The molecule has 0 atom stereocenters. The number of ether oxygens (including phenoxy) is 12. The van der Waals surface area contributed by atoms with Crippen LogP contribution in [-0.2, 0) is 56.8 Å². The molecule has 15 nitrogen and oxygen atoms in total. The number of hydrogen-bond acceptors (Lipinski definition) is 14. The van der Waals surface area contributed by atoms with E-state index in [-0.39, 0.29) is 12.0 Å². The van der Waals surface area contributed by atoms with E-state index >= 15 is 0 Å². The highest BCUT2D eigenvalue weighted by Crippen LogP contribution is 2.44. The number of likely N-dealkylation sites (N-methyl/N-ethyl adjacent to an activating group) is 1. The van der Waals surface area contributed by atoms with E-state index in [4.69, 9.17) is 56.8 Å². The summed E-state index contributed by atoms with van der Waals surface area (Å²) in [6, 6.07) is 16.6. The fourth-order valence-corrected chi connectivity index (χ4v) is 6.31. The Morgan fingerprint density at radius 3 is 1.26 bits per heavy atom. The van der Waals surface area contributed by atoms with E-state index in [0.717, 1.165) is 25.9 Å². The second-order valence-electron chi connectivity index (χ2n) is 13.7. The maximum absolute atomic E-state index is 12.6. The third kappa shape index (κ3) is 20.5. The number of nitrogens with one attached hydrogen (secondary N) is 1. The Labute approximate surface area is 345 Å². The minimum Gasteiger partial charge on any atom is -0.448 e. The van der Waals surface area contributed by atoms with Gasteiger partial charge in [-0.05, 0) is 48.2 Å². The minimum atomic E-state index is -0.363. The highest BCUT2D eigenvalue weighted by atomic mass is 16.6. The number of amides is 1. The van der Waals surface area contributed by atoms with E-state index in [1.54, 1.807) is 7.05 Å². The van der Waals surface area contributed by atoms with Gasteiger partial charge < -0.3 is 67.1 Å². The molecular formula is C43H68N2O13. The van der Waals surface area contributed by atoms with Crippen LogP contribution in [0.5, 0.6) is 0 Å². The molecule has 1 saturated heterocycles. The first-order valence-electron chi connectivity index (χ1n) is 20.9. The normalized spacial score (nSPS) is 14.2. The van der Waals surface area contributed by atoms with Gasteiger partial charge in [0.25, 0.3) is 0 Å². The van der Waals surface area contributed by atoms with E-state index in [1.165, 1.54) is 27.2 Å². The molecule has 0 unspecified atom stereocenters. The average Bonchev–Trinajstić information content (AvgIpc) is 3.58. The molecule has 0 bridgehead atoms. The summed E-state index contributed by atoms with van der Waals surface area (Å²) >= 11 is 0. The Balaban J connectivity index is 0.788. The van der Waals surface area contributed by atoms with E-state index in [1.807, 2.05) is 24.3 Å². The van der Waals surface area contributed by atoms with Crippen LogP contribution in [0, 0.1) is 0 Å². The predicted molar refractivity (Wildman–Crippen MR) is 218 cm³/mol. The van der Waals surface area contributed by atoms with Gasteiger partial charge in [0.15, 0.2) is 0 Å². The lowest BCUT2D eigenvalue weighted by Gasteiger charge is -2.22. The lowest BCUT2D eigenvalue weighted by Crippen LogP contribution is -2.33. The first kappa shape index (κ1) is 47.9. The average molecular weight is 821 g/mol. The molecule has 0 spiro atoms. The number of benzene rings is 2. The molecule has 328 valence electrons. The largest absolute Gasteiger partial charge is 0.448 e. The van der Waals surface area contributed by atoms with Crippen molar-refractivity contribution in [3.63, 3.8) is 0 Å². The summed E-state index contributed by atoms with van der Waals surface area (Å²) < 4.78 is 66.8. The molecule has 4 rings (SSSR count). The smallest absolute Gasteiger partial charge is 0.409 e. The van der Waals surface area contributed by atoms with Gasteiger partial charge in [-0.25, -0.2) is 4.79 Å². The Morgan fingerprint density at radius 2 is 0.862 bits per heavy atom. The molecule has 1 fully saturated rings. The summed E-state index contributed by atoms with van der Waals surface area (Å²) in [5.74, 6) is 0.0384. The van der Waals surface area contributed by atoms with Crippen LogP contribution >= 0.6 is 0 Å². The standard InChI is InChI=1S/C43H68N2O13/c1-45(43(46)58-36-42-40-8-4-2-6-38(40)39-7-3-5-9-41(39)42)14-15-47-16-17-48-18-19-49-20-21-50-22-23-51-24-25-52-26-27-53-28-29-54-30-31-55-32-33-56-34-35-57-37-10-12-44-13-11-37/h2-9,37,42,44H,10-36H2,1H3. The molecule has 0 aromatic heterocycles. The Bertz CT molecular complexity index is 1270. The number of carbonyl (C=O) groups is 1. The molecule has 1 aliphatic carbocycles. The van der Waals surface area contributed by atoms with Crippen molar-refractivity contribution in [3.8, 4) is 11.1 Å². The van der Waals surface area contributed by atoms with Gasteiger partial charge in [-0.2, -0.15) is 0 Å². The summed E-state index contributed by atoms with van der Waals surface area (Å²) in [4.78, 5) is 14.2. The quantitative estimate of drug-likeness (QED) is 0.0997. The molecule has 1 aliphatic heterocycles. The number of fused-ring (bicyclic) bond motifs is 3. The number of hydrogen-bond donors (Lipinski definition) is 1. The molecular weight excluding hydrogens is 752 g/mol. The van der Waals surface area contributed by atoms with E-state index in [9.17, 15) is 4.79 Å². The summed E-state index contributed by atoms with van der Waals surface area (Å²) in [7, 11) is 1.72. The Morgan fingerprint density at radius 1 is 0.517 bits per heavy atom. The zero-order valence-electron chi connectivity index (χ0n) is 34.6. The minimum absolute atomic E-state index is 0.0384. The molecule has 1 amide bonds. The SMILES string of the molecule is CN(CCOCCOCCOCCOCCOCCOCCOCCOCCOCCOCCOC1CCNCC1)C(=O)OCC1c2ccccc2-c2ccccc21. The van der Waals surface area contributed by atoms with Gasteiger partial charge in [-0.15, -0.1) is 0 Å². The fourth-order valence-electron chi connectivity index (χ4n) is 6.31. The molecule has 58 heavy (non-hydrogen) atoms. The monoisotopic (exact) mass is 820 g/mol. The second-order valence-corrected chi connectivity index (χ2v) is 13.7. The van der Waals surface area contributed by atoms with Gasteiger partial charge in [-0.1, -0.05) is 48.5 Å². The first-order valence-corrected chi connectivity index (χ1v) is 20.9. The van der Waals surface area contributed by atoms with Crippen LogP contribution in [0.4, 0.5) is 4.79 Å². The van der Waals surface area contributed by atoms with Gasteiger partial charge in [0.05, 0.1) is 145 Å². The zero-order chi connectivity index (χ0) is 40.6. The van der Waals surface area contributed by atoms with Crippen LogP contribution < -0.4 is 5.32 Å². The van der Waals surface area contributed by atoms with Gasteiger partial charge in [0.2, 0.25) is 0 Å². The number of carbonyl (C=O) groups excluding carboxylic acids is 1. The maximum Gasteiger partial charge on any atom is 0.409 e. The highest BCUT2D eigenvalue weighted by molar-refractivity contribution is 5.79. The van der Waals surface area contributed by atoms with E-state index in [2.05, 4.69) is 29.6 Å². The van der Waals surface area contributed by atoms with Crippen molar-refractivity contribution in [2.45, 2.75) is 24.9 Å². The van der Waals surface area contributed by atoms with Crippen molar-refractivity contribution in [2.75, 3.05) is 172 Å². The molecule has 1 heterocycles. The fraction of sp³-hybridized carbons (Fsp3) is 0.698. The van der Waals surface area contributed by atoms with Gasteiger partial charge in [0.1, 0.15) is 6.61 Å². The number of rotatable bonds is 36. The van der Waals surface area contributed by atoms with Gasteiger partial charge in [0, 0.05) is 19.5 Å².